The number of nitrogens with zero attached hydrogens (tertiary/aromatic N) is 3. The molecule has 4 atom stereocenters. The number of carboxylic acid groups (broad SMARTS) is 1. The van der Waals surface area contributed by atoms with Gasteiger partial charge in [0.25, 0.3) is 0 Å². The summed E-state index contributed by atoms with van der Waals surface area (Å²) in [7, 11) is 0. The number of nitrogens with one attached hydrogen (secondary N) is 2. The molecule has 0 radical (unpaired) electrons. The highest BCUT2D eigenvalue weighted by molar-refractivity contribution is 8.15. The van der Waals surface area contributed by atoms with Crippen molar-refractivity contribution < 1.29 is 24.3 Å². The number of fused-ring (bicyclic) bond motifs is 1. The van der Waals surface area contributed by atoms with Crippen LogP contribution in [0.1, 0.15) is 32.8 Å². The molecule has 0 aromatic heterocycles. The molecular weight excluding hydrogens is 502 g/mol. The van der Waals surface area contributed by atoms with Crippen molar-refractivity contribution in [1.29, 1.82) is 0 Å². The molecule has 1 aromatic rings. The zero-order chi connectivity index (χ0) is 24.8. The Labute approximate surface area is 208 Å². The maximum Gasteiger partial charge on any atom is 0.327 e. The Hall–Kier alpha value is -2.57. The highest BCUT2D eigenvalue weighted by Gasteiger charge is 2.64. The van der Waals surface area contributed by atoms with Crippen LogP contribution < -0.4 is 10.6 Å². The maximum atomic E-state index is 12.6. The summed E-state index contributed by atoms with van der Waals surface area (Å²) >= 11 is 8.31. The first kappa shape index (κ1) is 24.6. The molecule has 3 N–H and O–H groups in total. The molecule has 3 fully saturated rings. The number of β-lactam (4-membered cyclic amide) rings is 1. The molecule has 3 aliphatic heterocycles. The number of benzene rings is 1. The number of thioether (sulfide) groups is 2. The van der Waals surface area contributed by atoms with E-state index in [1.807, 2.05) is 0 Å². The minimum absolute atomic E-state index is 0.150. The Morgan fingerprint density at radius 1 is 1.26 bits per heavy atom. The lowest BCUT2D eigenvalue weighted by Gasteiger charge is -2.43. The SMILES string of the molecule is CC(=NN=C1NC(=O)C(CC(=O)NC2C(=O)N3C2SC(C)(C)C3C(=O)O)S1)c1ccc(Cl)cc1. The summed E-state index contributed by atoms with van der Waals surface area (Å²) in [5.41, 5.74) is 1.46. The highest BCUT2D eigenvalue weighted by atomic mass is 35.5. The van der Waals surface area contributed by atoms with Crippen molar-refractivity contribution in [2.75, 3.05) is 0 Å². The van der Waals surface area contributed by atoms with E-state index in [0.717, 1.165) is 17.3 Å². The van der Waals surface area contributed by atoms with Crippen molar-refractivity contribution in [2.45, 2.75) is 54.6 Å². The van der Waals surface area contributed by atoms with Crippen molar-refractivity contribution >= 4 is 69.7 Å². The lowest BCUT2D eigenvalue weighted by molar-refractivity contribution is -0.161. The third kappa shape index (κ3) is 4.66. The van der Waals surface area contributed by atoms with E-state index in [4.69, 9.17) is 11.6 Å². The van der Waals surface area contributed by atoms with Gasteiger partial charge >= 0.3 is 5.97 Å². The van der Waals surface area contributed by atoms with Gasteiger partial charge in [0.1, 0.15) is 22.7 Å². The normalized spacial score (nSPS) is 29.0. The predicted octanol–water partition coefficient (Wildman–Crippen LogP) is 1.67. The summed E-state index contributed by atoms with van der Waals surface area (Å²) in [6, 6.07) is 5.33. The topological polar surface area (TPSA) is 141 Å². The van der Waals surface area contributed by atoms with Gasteiger partial charge in [-0.1, -0.05) is 35.5 Å². The Morgan fingerprint density at radius 2 is 1.94 bits per heavy atom. The molecule has 3 heterocycles. The average Bonchev–Trinajstić information content (AvgIpc) is 3.24. The second kappa shape index (κ2) is 9.23. The van der Waals surface area contributed by atoms with Crippen molar-refractivity contribution in [2.24, 2.45) is 10.2 Å². The van der Waals surface area contributed by atoms with Gasteiger partial charge < -0.3 is 20.6 Å². The summed E-state index contributed by atoms with van der Waals surface area (Å²) in [6.45, 7) is 5.30. The number of amidine groups is 1. The molecule has 0 aliphatic carbocycles. The van der Waals surface area contributed by atoms with Gasteiger partial charge in [-0.15, -0.1) is 16.9 Å². The fourth-order valence-electron chi connectivity index (χ4n) is 4.00. The molecule has 10 nitrogen and oxygen atoms in total. The number of amides is 3. The van der Waals surface area contributed by atoms with Crippen molar-refractivity contribution in [3.63, 3.8) is 0 Å². The smallest absolute Gasteiger partial charge is 0.327 e. The largest absolute Gasteiger partial charge is 0.480 e. The molecule has 4 unspecified atom stereocenters. The van der Waals surface area contributed by atoms with E-state index >= 15 is 0 Å². The number of hydrogen-bond donors (Lipinski definition) is 3. The number of carbonyl (C=O) groups excluding carboxylic acids is 3. The summed E-state index contributed by atoms with van der Waals surface area (Å²) in [6.07, 6.45) is -0.150. The summed E-state index contributed by atoms with van der Waals surface area (Å²) < 4.78 is -0.678. The molecule has 13 heteroatoms. The number of aliphatic carboxylic acids is 1. The van der Waals surface area contributed by atoms with E-state index in [-0.39, 0.29) is 17.5 Å². The molecule has 3 amide bonds. The number of hydrogen-bond acceptors (Lipinski definition) is 8. The van der Waals surface area contributed by atoms with Gasteiger partial charge in [0.15, 0.2) is 5.17 Å². The first-order chi connectivity index (χ1) is 16.0. The molecule has 0 spiro atoms. The van der Waals surface area contributed by atoms with Crippen LogP contribution >= 0.6 is 35.1 Å². The van der Waals surface area contributed by atoms with Gasteiger partial charge in [-0.3, -0.25) is 14.4 Å². The Kier molecular flexibility index (Phi) is 6.67. The first-order valence-electron chi connectivity index (χ1n) is 10.4. The van der Waals surface area contributed by atoms with E-state index in [1.54, 1.807) is 45.0 Å². The monoisotopic (exact) mass is 523 g/mol. The fourth-order valence-corrected chi connectivity index (χ4v) is 6.67. The predicted molar refractivity (Wildman–Crippen MR) is 131 cm³/mol. The molecule has 0 saturated carbocycles. The van der Waals surface area contributed by atoms with Gasteiger partial charge in [0.05, 0.1) is 5.71 Å². The van der Waals surface area contributed by atoms with Gasteiger partial charge in [-0.2, -0.15) is 5.10 Å². The zero-order valence-electron chi connectivity index (χ0n) is 18.4. The molecule has 0 bridgehead atoms. The minimum atomic E-state index is -1.07. The maximum absolute atomic E-state index is 12.6. The van der Waals surface area contributed by atoms with E-state index in [0.29, 0.717) is 10.7 Å². The van der Waals surface area contributed by atoms with E-state index in [2.05, 4.69) is 20.8 Å². The number of halogens is 1. The Morgan fingerprint density at radius 3 is 2.59 bits per heavy atom. The van der Waals surface area contributed by atoms with Gasteiger partial charge in [0.2, 0.25) is 17.7 Å². The van der Waals surface area contributed by atoms with Gasteiger partial charge in [0, 0.05) is 16.2 Å². The first-order valence-corrected chi connectivity index (χ1v) is 12.5. The molecule has 4 rings (SSSR count). The van der Waals surface area contributed by atoms with Crippen LogP contribution in [0.4, 0.5) is 0 Å². The summed E-state index contributed by atoms with van der Waals surface area (Å²) in [5.74, 6) is -2.34. The van der Waals surface area contributed by atoms with Crippen molar-refractivity contribution in [1.82, 2.24) is 15.5 Å². The number of carboxylic acids is 1. The Bertz CT molecular complexity index is 1120. The molecular formula is C21H22ClN5O5S2. The second-order valence-electron chi connectivity index (χ2n) is 8.54. The Balaban J connectivity index is 1.34. The molecule has 180 valence electrons. The average molecular weight is 524 g/mol. The third-order valence-corrected chi connectivity index (χ3v) is 8.59. The van der Waals surface area contributed by atoms with Crippen LogP contribution in [-0.4, -0.2) is 72.0 Å². The third-order valence-electron chi connectivity index (χ3n) is 5.69. The lowest BCUT2D eigenvalue weighted by Crippen LogP contribution is -2.70. The number of rotatable bonds is 6. The van der Waals surface area contributed by atoms with Crippen LogP contribution in [0, 0.1) is 0 Å². The second-order valence-corrected chi connectivity index (χ2v) is 11.9. The van der Waals surface area contributed by atoms with Gasteiger partial charge in [-0.25, -0.2) is 4.79 Å². The molecule has 34 heavy (non-hydrogen) atoms. The molecule has 3 aliphatic rings. The standard InChI is InChI=1S/C21H22ClN5O5S2/c1-9(10-4-6-11(22)7-5-10)25-26-20-24-16(29)12(33-20)8-13(28)23-14-17(30)27-15(19(31)32)21(2,3)34-18(14)27/h4-7,12,14-15,18H,8H2,1-3H3,(H,23,28)(H,31,32)(H,24,26,29). The van der Waals surface area contributed by atoms with E-state index in [9.17, 15) is 24.3 Å². The van der Waals surface area contributed by atoms with Crippen LogP contribution in [0.25, 0.3) is 0 Å². The van der Waals surface area contributed by atoms with Crippen LogP contribution in [0.15, 0.2) is 34.5 Å². The van der Waals surface area contributed by atoms with Crippen LogP contribution in [-0.2, 0) is 19.2 Å². The quantitative estimate of drug-likeness (QED) is 0.292. The summed E-state index contributed by atoms with van der Waals surface area (Å²) in [4.78, 5) is 50.3. The van der Waals surface area contributed by atoms with E-state index < -0.39 is 45.2 Å². The lowest BCUT2D eigenvalue weighted by atomic mass is 9.96. The zero-order valence-corrected chi connectivity index (χ0v) is 20.8. The van der Waals surface area contributed by atoms with E-state index in [1.165, 1.54) is 16.7 Å². The minimum Gasteiger partial charge on any atom is -0.480 e. The van der Waals surface area contributed by atoms with Crippen molar-refractivity contribution in [3.05, 3.63) is 34.9 Å². The summed E-state index contributed by atoms with van der Waals surface area (Å²) in [5, 5.41) is 22.7. The van der Waals surface area contributed by atoms with Crippen LogP contribution in [0.2, 0.25) is 5.02 Å². The van der Waals surface area contributed by atoms with Gasteiger partial charge in [-0.05, 0) is 38.5 Å². The molecule has 3 saturated heterocycles. The number of carbonyl (C=O) groups is 4. The van der Waals surface area contributed by atoms with Crippen LogP contribution in [0.3, 0.4) is 0 Å². The highest BCUT2D eigenvalue weighted by Crippen LogP contribution is 2.50. The van der Waals surface area contributed by atoms with Crippen LogP contribution in [0.5, 0.6) is 0 Å². The van der Waals surface area contributed by atoms with Crippen molar-refractivity contribution in [3.8, 4) is 0 Å². The fraction of sp³-hybridized carbons (Fsp3) is 0.429. The molecule has 1 aromatic carbocycles.